The number of fused-ring (bicyclic) bond motifs is 2. The normalized spacial score (nSPS) is 11.0. The Morgan fingerprint density at radius 1 is 0.778 bits per heavy atom. The first-order valence-corrected chi connectivity index (χ1v) is 9.30. The van der Waals surface area contributed by atoms with Crippen molar-refractivity contribution in [2.24, 2.45) is 0 Å². The Hall–Kier alpha value is -2.98. The van der Waals surface area contributed by atoms with E-state index in [4.69, 9.17) is 8.37 Å². The van der Waals surface area contributed by atoms with Gasteiger partial charge in [0.1, 0.15) is 30.5 Å². The number of nitrogens with zero attached hydrogens (tertiary/aromatic N) is 2. The van der Waals surface area contributed by atoms with Crippen LogP contribution in [-0.4, -0.2) is 31.9 Å². The Labute approximate surface area is 161 Å². The number of aromatic nitrogens is 4. The topological polar surface area (TPSA) is 110 Å². The SMILES string of the molecule is O=C(CC(=O)OSc1nc2ccccc2[nH]1)OSc1nc2ccccc2[nH]1. The predicted molar refractivity (Wildman–Crippen MR) is 101 cm³/mol. The summed E-state index contributed by atoms with van der Waals surface area (Å²) in [6.45, 7) is 0. The molecule has 27 heavy (non-hydrogen) atoms. The third kappa shape index (κ3) is 4.23. The number of nitrogens with one attached hydrogen (secondary N) is 2. The van der Waals surface area contributed by atoms with Crippen molar-refractivity contribution in [1.29, 1.82) is 0 Å². The van der Waals surface area contributed by atoms with E-state index < -0.39 is 18.4 Å². The van der Waals surface area contributed by atoms with Gasteiger partial charge in [-0.15, -0.1) is 0 Å². The Morgan fingerprint density at radius 3 is 1.67 bits per heavy atom. The maximum Gasteiger partial charge on any atom is 0.329 e. The molecule has 0 radical (unpaired) electrons. The zero-order valence-electron chi connectivity index (χ0n) is 13.7. The van der Waals surface area contributed by atoms with E-state index in [1.807, 2.05) is 48.5 Å². The second kappa shape index (κ2) is 7.72. The minimum absolute atomic E-state index is 0.426. The van der Waals surface area contributed by atoms with Gasteiger partial charge < -0.3 is 18.3 Å². The first-order valence-electron chi connectivity index (χ1n) is 7.81. The van der Waals surface area contributed by atoms with Crippen molar-refractivity contribution in [2.45, 2.75) is 16.7 Å². The van der Waals surface area contributed by atoms with Crippen molar-refractivity contribution in [3.63, 3.8) is 0 Å². The lowest BCUT2D eigenvalue weighted by Crippen LogP contribution is -2.09. The summed E-state index contributed by atoms with van der Waals surface area (Å²) in [5.74, 6) is -1.45. The zero-order chi connectivity index (χ0) is 18.6. The minimum atomic E-state index is -0.726. The Morgan fingerprint density at radius 2 is 1.22 bits per heavy atom. The van der Waals surface area contributed by atoms with Crippen molar-refractivity contribution in [2.75, 3.05) is 0 Å². The van der Waals surface area contributed by atoms with Gasteiger partial charge in [-0.25, -0.2) is 9.97 Å². The predicted octanol–water partition coefficient (Wildman–Crippen LogP) is 3.63. The standard InChI is InChI=1S/C17H12N4O4S2/c22-14(24-26-16-18-10-5-1-2-6-11(10)19-16)9-15(23)25-27-17-20-12-7-3-4-8-13(12)21-17/h1-8H,9H2,(H,18,19)(H,20,21). The number of para-hydroxylation sites is 4. The molecule has 0 aliphatic heterocycles. The summed E-state index contributed by atoms with van der Waals surface area (Å²) in [6, 6.07) is 14.9. The van der Waals surface area contributed by atoms with E-state index in [2.05, 4.69) is 19.9 Å². The molecule has 8 nitrogen and oxygen atoms in total. The Kier molecular flexibility index (Phi) is 4.99. The van der Waals surface area contributed by atoms with Gasteiger partial charge in [0.25, 0.3) is 0 Å². The molecule has 0 amide bonds. The molecule has 2 aromatic heterocycles. The first kappa shape index (κ1) is 17.4. The van der Waals surface area contributed by atoms with Crippen molar-refractivity contribution in [3.05, 3.63) is 48.5 Å². The van der Waals surface area contributed by atoms with Gasteiger partial charge >= 0.3 is 11.9 Å². The molecule has 2 aromatic carbocycles. The van der Waals surface area contributed by atoms with Crippen LogP contribution in [0, 0.1) is 0 Å². The summed E-state index contributed by atoms with van der Waals surface area (Å²) < 4.78 is 9.96. The van der Waals surface area contributed by atoms with Crippen LogP contribution in [-0.2, 0) is 18.0 Å². The van der Waals surface area contributed by atoms with E-state index in [1.54, 1.807) is 0 Å². The van der Waals surface area contributed by atoms with Crippen LogP contribution in [0.5, 0.6) is 0 Å². The molecule has 0 aliphatic carbocycles. The fourth-order valence-electron chi connectivity index (χ4n) is 2.29. The summed E-state index contributed by atoms with van der Waals surface area (Å²) in [5, 5.41) is 0.851. The smallest absolute Gasteiger partial charge is 0.329 e. The van der Waals surface area contributed by atoms with Crippen LogP contribution in [0.1, 0.15) is 6.42 Å². The third-order valence-corrected chi connectivity index (χ3v) is 4.69. The van der Waals surface area contributed by atoms with Gasteiger partial charge in [0.2, 0.25) is 10.3 Å². The summed E-state index contributed by atoms with van der Waals surface area (Å²) in [4.78, 5) is 38.1. The maximum atomic E-state index is 11.8. The molecular weight excluding hydrogens is 388 g/mol. The van der Waals surface area contributed by atoms with Gasteiger partial charge in [0.05, 0.1) is 22.1 Å². The van der Waals surface area contributed by atoms with E-state index in [-0.39, 0.29) is 0 Å². The Balaban J connectivity index is 1.25. The molecule has 4 aromatic rings. The van der Waals surface area contributed by atoms with Crippen LogP contribution in [0.4, 0.5) is 0 Å². The van der Waals surface area contributed by atoms with Gasteiger partial charge in [0.15, 0.2) is 0 Å². The quantitative estimate of drug-likeness (QED) is 0.373. The number of hydrogen-bond acceptors (Lipinski definition) is 8. The number of H-pyrrole nitrogens is 2. The number of carbonyl (C=O) groups is 2. The molecule has 136 valence electrons. The molecule has 0 spiro atoms. The lowest BCUT2D eigenvalue weighted by Gasteiger charge is -2.00. The van der Waals surface area contributed by atoms with Crippen LogP contribution < -0.4 is 0 Å². The average Bonchev–Trinajstić information content (AvgIpc) is 3.27. The second-order valence-corrected chi connectivity index (χ2v) is 6.81. The molecule has 0 aliphatic rings. The fraction of sp³-hybridized carbons (Fsp3) is 0.0588. The zero-order valence-corrected chi connectivity index (χ0v) is 15.3. The Bertz CT molecular complexity index is 970. The molecule has 0 unspecified atom stereocenters. The summed E-state index contributed by atoms with van der Waals surface area (Å²) in [7, 11) is 0. The van der Waals surface area contributed by atoms with Crippen molar-refractivity contribution in [1.82, 2.24) is 19.9 Å². The molecule has 0 atom stereocenters. The van der Waals surface area contributed by atoms with Crippen LogP contribution in [0.2, 0.25) is 0 Å². The minimum Gasteiger partial charge on any atom is -0.382 e. The van der Waals surface area contributed by atoms with E-state index in [0.717, 1.165) is 46.2 Å². The number of aromatic amines is 2. The largest absolute Gasteiger partial charge is 0.382 e. The molecule has 10 heteroatoms. The van der Waals surface area contributed by atoms with Crippen molar-refractivity contribution >= 4 is 58.1 Å². The third-order valence-electron chi connectivity index (χ3n) is 3.45. The number of rotatable bonds is 6. The first-order chi connectivity index (χ1) is 13.2. The fourth-order valence-corrected chi connectivity index (χ4v) is 3.32. The van der Waals surface area contributed by atoms with Crippen molar-refractivity contribution < 1.29 is 18.0 Å². The van der Waals surface area contributed by atoms with Gasteiger partial charge in [-0.2, -0.15) is 0 Å². The average molecular weight is 400 g/mol. The number of benzene rings is 2. The second-order valence-electron chi connectivity index (χ2n) is 5.37. The molecule has 4 rings (SSSR count). The van der Waals surface area contributed by atoms with E-state index >= 15 is 0 Å². The lowest BCUT2D eigenvalue weighted by atomic mass is 10.3. The molecular formula is C17H12N4O4S2. The number of carbonyl (C=O) groups excluding carboxylic acids is 2. The highest BCUT2D eigenvalue weighted by molar-refractivity contribution is 7.95. The van der Waals surface area contributed by atoms with Gasteiger partial charge in [-0.05, 0) is 24.3 Å². The molecule has 2 N–H and O–H groups in total. The number of hydrogen-bond donors (Lipinski definition) is 2. The van der Waals surface area contributed by atoms with Gasteiger partial charge in [-0.3, -0.25) is 9.59 Å². The van der Waals surface area contributed by atoms with E-state index in [0.29, 0.717) is 10.3 Å². The van der Waals surface area contributed by atoms with Crippen LogP contribution >= 0.6 is 24.1 Å². The molecule has 2 heterocycles. The summed E-state index contributed by atoms with van der Waals surface area (Å²) >= 11 is 1.53. The van der Waals surface area contributed by atoms with Crippen LogP contribution in [0.25, 0.3) is 22.1 Å². The molecule has 0 saturated carbocycles. The molecule has 0 fully saturated rings. The van der Waals surface area contributed by atoms with Crippen LogP contribution in [0.3, 0.4) is 0 Å². The molecule has 0 bridgehead atoms. The monoisotopic (exact) mass is 400 g/mol. The number of imidazole rings is 2. The van der Waals surface area contributed by atoms with E-state index in [1.165, 1.54) is 0 Å². The maximum absolute atomic E-state index is 11.8. The van der Waals surface area contributed by atoms with Crippen LogP contribution in [0.15, 0.2) is 58.8 Å². The molecule has 0 saturated heterocycles. The van der Waals surface area contributed by atoms with E-state index in [9.17, 15) is 9.59 Å². The van der Waals surface area contributed by atoms with Gasteiger partial charge in [0, 0.05) is 0 Å². The highest BCUT2D eigenvalue weighted by Gasteiger charge is 2.16. The summed E-state index contributed by atoms with van der Waals surface area (Å²) in [6.07, 6.45) is -0.513. The van der Waals surface area contributed by atoms with Gasteiger partial charge in [-0.1, -0.05) is 24.3 Å². The van der Waals surface area contributed by atoms with Crippen molar-refractivity contribution in [3.8, 4) is 0 Å². The summed E-state index contributed by atoms with van der Waals surface area (Å²) in [5.41, 5.74) is 3.19. The highest BCUT2D eigenvalue weighted by Crippen LogP contribution is 2.22. The lowest BCUT2D eigenvalue weighted by molar-refractivity contribution is -0.142. The highest BCUT2D eigenvalue weighted by atomic mass is 32.2.